The minimum absolute atomic E-state index is 0.293. The molecule has 7 heteroatoms. The van der Waals surface area contributed by atoms with Crippen LogP contribution in [0, 0.1) is 0 Å². The maximum Gasteiger partial charge on any atom is 0.341 e. The Bertz CT molecular complexity index is 1580. The van der Waals surface area contributed by atoms with E-state index in [4.69, 9.17) is 35.7 Å². The Morgan fingerprint density at radius 1 is 0.721 bits per heavy atom. The first-order valence-corrected chi connectivity index (χ1v) is 14.4. The highest BCUT2D eigenvalue weighted by atomic mass is 35.5. The first-order valence-electron chi connectivity index (χ1n) is 14.0. The molecule has 43 heavy (non-hydrogen) atoms. The van der Waals surface area contributed by atoms with Crippen LogP contribution in [0.2, 0.25) is 0 Å². The van der Waals surface area contributed by atoms with Crippen molar-refractivity contribution in [3.05, 3.63) is 142 Å². The van der Waals surface area contributed by atoms with E-state index in [1.165, 1.54) is 27.8 Å². The van der Waals surface area contributed by atoms with Gasteiger partial charge in [-0.2, -0.15) is 0 Å². The summed E-state index contributed by atoms with van der Waals surface area (Å²) in [5.41, 5.74) is 8.06. The van der Waals surface area contributed by atoms with Crippen molar-refractivity contribution in [3.63, 3.8) is 0 Å². The van der Waals surface area contributed by atoms with E-state index < -0.39 is 18.0 Å². The molecule has 5 rings (SSSR count). The maximum atomic E-state index is 10.7. The molecular formula is C36H33ClO6. The van der Waals surface area contributed by atoms with Gasteiger partial charge in [0.1, 0.15) is 42.8 Å². The van der Waals surface area contributed by atoms with Crippen molar-refractivity contribution in [1.29, 1.82) is 0 Å². The van der Waals surface area contributed by atoms with Gasteiger partial charge >= 0.3 is 5.97 Å². The molecule has 0 unspecified atom stereocenters. The molecule has 0 saturated heterocycles. The molecule has 0 saturated carbocycles. The van der Waals surface area contributed by atoms with Crippen molar-refractivity contribution < 1.29 is 28.8 Å². The molecule has 0 fully saturated rings. The highest BCUT2D eigenvalue weighted by Gasteiger charge is 2.45. The lowest BCUT2D eigenvalue weighted by Crippen LogP contribution is -2.28. The van der Waals surface area contributed by atoms with E-state index in [-0.39, 0.29) is 0 Å². The Morgan fingerprint density at radius 2 is 1.23 bits per heavy atom. The number of ether oxygens (including phenoxy) is 4. The monoisotopic (exact) mass is 596 g/mol. The van der Waals surface area contributed by atoms with Crippen LogP contribution in [0.1, 0.15) is 36.1 Å². The van der Waals surface area contributed by atoms with Crippen molar-refractivity contribution in [1.82, 2.24) is 0 Å². The zero-order valence-corrected chi connectivity index (χ0v) is 24.8. The highest BCUT2D eigenvalue weighted by Crippen LogP contribution is 2.56. The number of allylic oxidation sites excluding steroid dienone is 2. The minimum atomic E-state index is -1.04. The molecule has 0 aromatic heterocycles. The number of hydrogen-bond acceptors (Lipinski definition) is 5. The van der Waals surface area contributed by atoms with Gasteiger partial charge in [-0.15, -0.1) is 0 Å². The van der Waals surface area contributed by atoms with E-state index in [9.17, 15) is 4.79 Å². The second-order valence-electron chi connectivity index (χ2n) is 10.1. The van der Waals surface area contributed by atoms with Crippen molar-refractivity contribution in [2.24, 2.45) is 0 Å². The van der Waals surface area contributed by atoms with Gasteiger partial charge < -0.3 is 24.1 Å². The van der Waals surface area contributed by atoms with E-state index in [0.717, 1.165) is 22.6 Å². The number of carboxylic acid groups (broad SMARTS) is 1. The van der Waals surface area contributed by atoms with Crippen LogP contribution in [0.3, 0.4) is 0 Å². The number of aliphatic carboxylic acids is 1. The number of halogens is 1. The lowest BCUT2D eigenvalue weighted by molar-refractivity contribution is -0.140. The second-order valence-corrected chi connectivity index (χ2v) is 10.3. The molecule has 0 aliphatic heterocycles. The Hall–Kier alpha value is -4.68. The van der Waals surface area contributed by atoms with Crippen molar-refractivity contribution >= 4 is 17.6 Å². The van der Waals surface area contributed by atoms with Gasteiger partial charge in [-0.05, 0) is 77.6 Å². The molecule has 220 valence electrons. The first-order chi connectivity index (χ1) is 20.9. The number of carboxylic acids is 1. The van der Waals surface area contributed by atoms with Gasteiger partial charge in [0.05, 0.1) is 5.41 Å². The zero-order chi connectivity index (χ0) is 30.2. The summed E-state index contributed by atoms with van der Waals surface area (Å²) < 4.78 is 22.6. The smallest absolute Gasteiger partial charge is 0.341 e. The fourth-order valence-corrected chi connectivity index (χ4v) is 5.61. The molecule has 4 aromatic carbocycles. The van der Waals surface area contributed by atoms with Crippen LogP contribution >= 0.6 is 11.6 Å². The van der Waals surface area contributed by atoms with Crippen LogP contribution in [0.25, 0.3) is 11.1 Å². The van der Waals surface area contributed by atoms with Crippen LogP contribution < -0.4 is 9.47 Å². The van der Waals surface area contributed by atoms with Crippen molar-refractivity contribution in [3.8, 4) is 22.6 Å². The molecule has 1 aliphatic rings. The summed E-state index contributed by atoms with van der Waals surface area (Å²) in [6.45, 7) is 4.02. The fourth-order valence-electron chi connectivity index (χ4n) is 5.53. The lowest BCUT2D eigenvalue weighted by atomic mass is 9.68. The van der Waals surface area contributed by atoms with Gasteiger partial charge in [-0.1, -0.05) is 84.4 Å². The van der Waals surface area contributed by atoms with Gasteiger partial charge in [-0.25, -0.2) is 4.79 Å². The minimum Gasteiger partial charge on any atom is -0.491 e. The van der Waals surface area contributed by atoms with Crippen LogP contribution in [0.5, 0.6) is 11.5 Å². The van der Waals surface area contributed by atoms with E-state index in [2.05, 4.69) is 72.8 Å². The third-order valence-electron chi connectivity index (χ3n) is 7.54. The molecule has 4 aromatic rings. The second kappa shape index (κ2) is 13.5. The predicted molar refractivity (Wildman–Crippen MR) is 168 cm³/mol. The molecule has 1 aliphatic carbocycles. The van der Waals surface area contributed by atoms with Gasteiger partial charge in [-0.3, -0.25) is 0 Å². The molecule has 0 spiro atoms. The first kappa shape index (κ1) is 29.8. The van der Waals surface area contributed by atoms with Crippen LogP contribution in [0.4, 0.5) is 0 Å². The molecule has 0 amide bonds. The van der Waals surface area contributed by atoms with E-state index >= 15 is 0 Å². The van der Waals surface area contributed by atoms with Gasteiger partial charge in [0.25, 0.3) is 0 Å². The van der Waals surface area contributed by atoms with Crippen LogP contribution in [0.15, 0.2) is 120 Å². The fraction of sp³-hybridized carbons (Fsp3) is 0.194. The highest BCUT2D eigenvalue weighted by molar-refractivity contribution is 6.25. The van der Waals surface area contributed by atoms with Crippen LogP contribution in [-0.2, 0) is 19.7 Å². The van der Waals surface area contributed by atoms with E-state index in [1.807, 2.05) is 24.3 Å². The topological polar surface area (TPSA) is 74.2 Å². The van der Waals surface area contributed by atoms with E-state index in [0.29, 0.717) is 31.3 Å². The SMILES string of the molecule is CC(OCCOc1ccc(C2(c3ccc(OC/C=C/Cl)cc3)c3ccccc3-c3ccccc32)cc1)=C(C)OCC(=O)O. The Morgan fingerprint density at radius 3 is 1.77 bits per heavy atom. The Kier molecular flexibility index (Phi) is 9.38. The normalized spacial score (nSPS) is 13.6. The zero-order valence-electron chi connectivity index (χ0n) is 24.1. The molecule has 0 radical (unpaired) electrons. The van der Waals surface area contributed by atoms with Gasteiger partial charge in [0, 0.05) is 5.54 Å². The molecule has 1 N–H and O–H groups in total. The summed E-state index contributed by atoms with van der Waals surface area (Å²) in [6.07, 6.45) is 1.76. The summed E-state index contributed by atoms with van der Waals surface area (Å²) in [7, 11) is 0. The Labute approximate surface area is 256 Å². The maximum absolute atomic E-state index is 10.7. The molecule has 0 heterocycles. The largest absolute Gasteiger partial charge is 0.491 e. The summed E-state index contributed by atoms with van der Waals surface area (Å²) in [4.78, 5) is 10.7. The summed E-state index contributed by atoms with van der Waals surface area (Å²) in [5.74, 6) is 1.41. The van der Waals surface area contributed by atoms with Crippen molar-refractivity contribution in [2.75, 3.05) is 26.4 Å². The average Bonchev–Trinajstić information content (AvgIpc) is 3.34. The number of hydrogen-bond donors (Lipinski definition) is 1. The number of carbonyl (C=O) groups is 1. The van der Waals surface area contributed by atoms with Gasteiger partial charge in [0.15, 0.2) is 6.61 Å². The standard InChI is InChI=1S/C36H33ClO6/c1-25(26(2)43-24-35(38)39)40-22-23-42-30-18-14-28(15-19-30)36(27-12-16-29(17-13-27)41-21-7-20-37)33-10-5-3-8-31(33)32-9-4-6-11-34(32)36/h3-20H,21-24H2,1-2H3,(H,38,39)/b20-7+,26-25?. The van der Waals surface area contributed by atoms with Gasteiger partial charge in [0.2, 0.25) is 0 Å². The number of benzene rings is 4. The van der Waals surface area contributed by atoms with Crippen LogP contribution in [-0.4, -0.2) is 37.5 Å². The third kappa shape index (κ3) is 6.25. The molecule has 0 atom stereocenters. The average molecular weight is 597 g/mol. The summed E-state index contributed by atoms with van der Waals surface area (Å²) >= 11 is 5.65. The number of fused-ring (bicyclic) bond motifs is 3. The summed E-state index contributed by atoms with van der Waals surface area (Å²) in [5, 5.41) is 8.78. The molecular weight excluding hydrogens is 564 g/mol. The summed E-state index contributed by atoms with van der Waals surface area (Å²) in [6, 6.07) is 33.7. The van der Waals surface area contributed by atoms with Crippen molar-refractivity contribution in [2.45, 2.75) is 19.3 Å². The quantitative estimate of drug-likeness (QED) is 0.110. The van der Waals surface area contributed by atoms with E-state index in [1.54, 1.807) is 19.9 Å². The lowest BCUT2D eigenvalue weighted by Gasteiger charge is -2.34. The predicted octanol–water partition coefficient (Wildman–Crippen LogP) is 7.93. The third-order valence-corrected chi connectivity index (χ3v) is 7.72. The molecule has 6 nitrogen and oxygen atoms in total. The Balaban J connectivity index is 1.42. The molecule has 0 bridgehead atoms. The number of rotatable bonds is 13.